The minimum atomic E-state index is 0.601. The summed E-state index contributed by atoms with van der Waals surface area (Å²) in [7, 11) is 0. The van der Waals surface area contributed by atoms with Crippen molar-refractivity contribution in [1.29, 1.82) is 0 Å². The van der Waals surface area contributed by atoms with E-state index in [4.69, 9.17) is 0 Å². The van der Waals surface area contributed by atoms with Crippen LogP contribution in [0.25, 0.3) is 0 Å². The first-order chi connectivity index (χ1) is 9.63. The maximum Gasteiger partial charge on any atom is -0.00256 e. The Kier molecular flexibility index (Phi) is 5.00. The molecule has 0 nitrogen and oxygen atoms in total. The first kappa shape index (κ1) is 14.8. The Hall–Kier alpha value is -1.56. The highest BCUT2D eigenvalue weighted by Crippen LogP contribution is 2.20. The van der Waals surface area contributed by atoms with Crippen LogP contribution in [0.3, 0.4) is 0 Å². The van der Waals surface area contributed by atoms with Crippen molar-refractivity contribution < 1.29 is 0 Å². The molecule has 0 aliphatic rings. The summed E-state index contributed by atoms with van der Waals surface area (Å²) in [5.74, 6) is 0.601. The Bertz CT molecular complexity index is 564. The zero-order valence-corrected chi connectivity index (χ0v) is 13.2. The Morgan fingerprint density at radius 1 is 0.800 bits per heavy atom. The van der Waals surface area contributed by atoms with Crippen LogP contribution >= 0.6 is 0 Å². The zero-order valence-electron chi connectivity index (χ0n) is 13.2. The minimum absolute atomic E-state index is 0.601. The predicted octanol–water partition coefficient (Wildman–Crippen LogP) is 5.53. The summed E-state index contributed by atoms with van der Waals surface area (Å²) >= 11 is 0. The lowest BCUT2D eigenvalue weighted by atomic mass is 9.94. The second-order valence-corrected chi connectivity index (χ2v) is 5.89. The fourth-order valence-corrected chi connectivity index (χ4v) is 2.76. The third-order valence-electron chi connectivity index (χ3n) is 4.06. The summed E-state index contributed by atoms with van der Waals surface area (Å²) in [5.41, 5.74) is 7.28. The van der Waals surface area contributed by atoms with Gasteiger partial charge in [-0.15, -0.1) is 0 Å². The zero-order chi connectivity index (χ0) is 14.5. The van der Waals surface area contributed by atoms with Crippen LogP contribution in [0.1, 0.15) is 61.4 Å². The molecule has 0 saturated carbocycles. The van der Waals surface area contributed by atoms with Gasteiger partial charge >= 0.3 is 0 Å². The summed E-state index contributed by atoms with van der Waals surface area (Å²) in [6.45, 7) is 8.99. The quantitative estimate of drug-likeness (QED) is 0.668. The van der Waals surface area contributed by atoms with E-state index in [0.29, 0.717) is 5.92 Å². The maximum atomic E-state index is 2.39. The highest BCUT2D eigenvalue weighted by Gasteiger charge is 2.04. The molecule has 0 aliphatic heterocycles. The Balaban J connectivity index is 2.23. The smallest absolute Gasteiger partial charge is 0.00256 e. The van der Waals surface area contributed by atoms with Gasteiger partial charge in [-0.1, -0.05) is 70.2 Å². The molecular weight excluding hydrogens is 240 g/mol. The monoisotopic (exact) mass is 266 g/mol. The third kappa shape index (κ3) is 3.50. The van der Waals surface area contributed by atoms with E-state index in [-0.39, 0.29) is 0 Å². The molecule has 0 atom stereocenters. The summed E-state index contributed by atoms with van der Waals surface area (Å²) in [5, 5.41) is 0. The molecule has 2 aromatic carbocycles. The first-order valence-corrected chi connectivity index (χ1v) is 7.83. The molecule has 0 bridgehead atoms. The SMILES string of the molecule is CCc1ccc(Cc2cccc(C(C)C)c2)cc1CC. The van der Waals surface area contributed by atoms with Crippen molar-refractivity contribution in [2.24, 2.45) is 0 Å². The van der Waals surface area contributed by atoms with Gasteiger partial charge in [-0.25, -0.2) is 0 Å². The Labute approximate surface area is 123 Å². The Morgan fingerprint density at radius 3 is 2.15 bits per heavy atom. The molecule has 0 fully saturated rings. The van der Waals surface area contributed by atoms with E-state index in [1.807, 2.05) is 0 Å². The van der Waals surface area contributed by atoms with Gasteiger partial charge in [0.05, 0.1) is 0 Å². The van der Waals surface area contributed by atoms with Crippen molar-refractivity contribution in [3.05, 3.63) is 70.3 Å². The van der Waals surface area contributed by atoms with E-state index in [2.05, 4.69) is 70.2 Å². The van der Waals surface area contributed by atoms with Crippen molar-refractivity contribution >= 4 is 0 Å². The van der Waals surface area contributed by atoms with Gasteiger partial charge in [-0.2, -0.15) is 0 Å². The maximum absolute atomic E-state index is 2.39. The number of rotatable bonds is 5. The molecule has 0 radical (unpaired) electrons. The minimum Gasteiger partial charge on any atom is -0.0617 e. The van der Waals surface area contributed by atoms with Crippen LogP contribution in [0.15, 0.2) is 42.5 Å². The van der Waals surface area contributed by atoms with Gasteiger partial charge in [0.15, 0.2) is 0 Å². The second kappa shape index (κ2) is 6.74. The van der Waals surface area contributed by atoms with Crippen LogP contribution in [0.2, 0.25) is 0 Å². The Morgan fingerprint density at radius 2 is 1.50 bits per heavy atom. The van der Waals surface area contributed by atoms with Crippen LogP contribution in [0.4, 0.5) is 0 Å². The normalized spacial score (nSPS) is 11.1. The van der Waals surface area contributed by atoms with Crippen molar-refractivity contribution in [3.63, 3.8) is 0 Å². The standard InChI is InChI=1S/C20H26/c1-5-18-11-10-17(13-19(18)6-2)12-16-8-7-9-20(14-16)15(3)4/h7-11,13-15H,5-6,12H2,1-4H3. The molecule has 0 unspecified atom stereocenters. The predicted molar refractivity (Wildman–Crippen MR) is 88.5 cm³/mol. The van der Waals surface area contributed by atoms with Gasteiger partial charge in [0.25, 0.3) is 0 Å². The summed E-state index contributed by atoms with van der Waals surface area (Å²) in [6, 6.07) is 16.0. The summed E-state index contributed by atoms with van der Waals surface area (Å²) < 4.78 is 0. The number of aryl methyl sites for hydroxylation is 2. The van der Waals surface area contributed by atoms with E-state index in [0.717, 1.165) is 19.3 Å². The summed E-state index contributed by atoms with van der Waals surface area (Å²) in [4.78, 5) is 0. The van der Waals surface area contributed by atoms with Gasteiger partial charge in [0, 0.05) is 0 Å². The summed E-state index contributed by atoms with van der Waals surface area (Å²) in [6.07, 6.45) is 3.30. The largest absolute Gasteiger partial charge is 0.0617 e. The highest BCUT2D eigenvalue weighted by atomic mass is 14.1. The van der Waals surface area contributed by atoms with Gasteiger partial charge in [0.1, 0.15) is 0 Å². The van der Waals surface area contributed by atoms with Crippen LogP contribution < -0.4 is 0 Å². The van der Waals surface area contributed by atoms with Crippen molar-refractivity contribution in [2.75, 3.05) is 0 Å². The van der Waals surface area contributed by atoms with E-state index in [1.54, 1.807) is 0 Å². The van der Waals surface area contributed by atoms with Crippen molar-refractivity contribution in [2.45, 2.75) is 52.9 Å². The second-order valence-electron chi connectivity index (χ2n) is 5.89. The van der Waals surface area contributed by atoms with Crippen LogP contribution in [0.5, 0.6) is 0 Å². The molecule has 2 aromatic rings. The average molecular weight is 266 g/mol. The van der Waals surface area contributed by atoms with Gasteiger partial charge in [0.2, 0.25) is 0 Å². The van der Waals surface area contributed by atoms with Gasteiger partial charge in [-0.3, -0.25) is 0 Å². The van der Waals surface area contributed by atoms with Gasteiger partial charge < -0.3 is 0 Å². The average Bonchev–Trinajstić information content (AvgIpc) is 2.47. The lowest BCUT2D eigenvalue weighted by Gasteiger charge is -2.11. The van der Waals surface area contributed by atoms with Crippen LogP contribution in [0, 0.1) is 0 Å². The molecule has 0 saturated heterocycles. The van der Waals surface area contributed by atoms with Gasteiger partial charge in [-0.05, 0) is 53.0 Å². The van der Waals surface area contributed by atoms with Crippen molar-refractivity contribution in [3.8, 4) is 0 Å². The van der Waals surface area contributed by atoms with E-state index >= 15 is 0 Å². The lowest BCUT2D eigenvalue weighted by Crippen LogP contribution is -1.96. The molecule has 0 aromatic heterocycles. The fraction of sp³-hybridized carbons (Fsp3) is 0.400. The number of hydrogen-bond acceptors (Lipinski definition) is 0. The topological polar surface area (TPSA) is 0 Å². The molecule has 106 valence electrons. The van der Waals surface area contributed by atoms with E-state index in [9.17, 15) is 0 Å². The number of hydrogen-bond donors (Lipinski definition) is 0. The van der Waals surface area contributed by atoms with Crippen LogP contribution in [-0.2, 0) is 19.3 Å². The molecule has 0 amide bonds. The molecular formula is C20H26. The van der Waals surface area contributed by atoms with E-state index in [1.165, 1.54) is 27.8 Å². The third-order valence-corrected chi connectivity index (χ3v) is 4.06. The number of benzene rings is 2. The molecule has 0 aliphatic carbocycles. The van der Waals surface area contributed by atoms with Crippen molar-refractivity contribution in [1.82, 2.24) is 0 Å². The van der Waals surface area contributed by atoms with E-state index < -0.39 is 0 Å². The molecule has 2 rings (SSSR count). The molecule has 0 spiro atoms. The molecule has 0 N–H and O–H groups in total. The van der Waals surface area contributed by atoms with Crippen LogP contribution in [-0.4, -0.2) is 0 Å². The highest BCUT2D eigenvalue weighted by molar-refractivity contribution is 5.36. The fourth-order valence-electron chi connectivity index (χ4n) is 2.76. The molecule has 0 heteroatoms. The first-order valence-electron chi connectivity index (χ1n) is 7.83. The lowest BCUT2D eigenvalue weighted by molar-refractivity contribution is 0.863. The molecule has 20 heavy (non-hydrogen) atoms. The molecule has 0 heterocycles.